The molecule has 0 unspecified atom stereocenters. The lowest BCUT2D eigenvalue weighted by Gasteiger charge is -1.96. The van der Waals surface area contributed by atoms with E-state index in [0.29, 0.717) is 11.7 Å². The summed E-state index contributed by atoms with van der Waals surface area (Å²) in [5.41, 5.74) is 3.25. The fourth-order valence-corrected chi connectivity index (χ4v) is 0.755. The van der Waals surface area contributed by atoms with Gasteiger partial charge in [0.1, 0.15) is 5.82 Å². The van der Waals surface area contributed by atoms with Crippen LogP contribution in [-0.4, -0.2) is 10.9 Å². The monoisotopic (exact) mass is 181 g/mol. The molecule has 0 saturated carbocycles. The van der Waals surface area contributed by atoms with Crippen LogP contribution in [0.2, 0.25) is 0 Å². The van der Waals surface area contributed by atoms with E-state index in [1.807, 2.05) is 6.07 Å². The molecule has 0 bridgehead atoms. The number of aromatic nitrogens is 1. The van der Waals surface area contributed by atoms with E-state index in [1.54, 1.807) is 12.3 Å². The van der Waals surface area contributed by atoms with Gasteiger partial charge in [-0.3, -0.25) is 0 Å². The standard InChI is InChI=1S/C8H8ClN3/c9-5-1-2-7-3-4-8(12-10)11-6-7/h3-4,6H,5,10H2,(H,11,12). The minimum atomic E-state index is 0.330. The molecule has 62 valence electrons. The number of hydrogen-bond donors (Lipinski definition) is 2. The predicted octanol–water partition coefficient (Wildman–Crippen LogP) is 0.958. The van der Waals surface area contributed by atoms with E-state index in [4.69, 9.17) is 17.4 Å². The molecule has 0 atom stereocenters. The normalized spacial score (nSPS) is 8.50. The summed E-state index contributed by atoms with van der Waals surface area (Å²) in [6.45, 7) is 0. The van der Waals surface area contributed by atoms with Crippen molar-refractivity contribution in [2.75, 3.05) is 11.3 Å². The SMILES string of the molecule is NNc1ccc(C#CCCl)cn1. The van der Waals surface area contributed by atoms with Crippen molar-refractivity contribution in [3.63, 3.8) is 0 Å². The summed E-state index contributed by atoms with van der Waals surface area (Å²) in [5, 5.41) is 0. The van der Waals surface area contributed by atoms with Crippen LogP contribution in [0.4, 0.5) is 5.82 Å². The molecule has 1 aromatic rings. The van der Waals surface area contributed by atoms with Crippen LogP contribution in [0, 0.1) is 11.8 Å². The third-order valence-electron chi connectivity index (χ3n) is 1.21. The summed E-state index contributed by atoms with van der Waals surface area (Å²) in [5.74, 6) is 11.6. The van der Waals surface area contributed by atoms with E-state index in [-0.39, 0.29) is 0 Å². The summed E-state index contributed by atoms with van der Waals surface area (Å²) in [6.07, 6.45) is 1.63. The van der Waals surface area contributed by atoms with Gasteiger partial charge in [0.25, 0.3) is 0 Å². The van der Waals surface area contributed by atoms with Gasteiger partial charge in [-0.1, -0.05) is 11.8 Å². The molecular formula is C8H8ClN3. The van der Waals surface area contributed by atoms with E-state index in [9.17, 15) is 0 Å². The van der Waals surface area contributed by atoms with Crippen molar-refractivity contribution in [3.05, 3.63) is 23.9 Å². The molecule has 1 heterocycles. The summed E-state index contributed by atoms with van der Waals surface area (Å²) >= 11 is 5.38. The van der Waals surface area contributed by atoms with Gasteiger partial charge in [0, 0.05) is 11.8 Å². The fraction of sp³-hybridized carbons (Fsp3) is 0.125. The second-order valence-corrected chi connectivity index (χ2v) is 2.28. The third-order valence-corrected chi connectivity index (χ3v) is 1.34. The summed E-state index contributed by atoms with van der Waals surface area (Å²) in [4.78, 5) is 3.97. The van der Waals surface area contributed by atoms with Crippen LogP contribution in [0.15, 0.2) is 18.3 Å². The maximum Gasteiger partial charge on any atom is 0.139 e. The van der Waals surface area contributed by atoms with Crippen LogP contribution in [0.3, 0.4) is 0 Å². The topological polar surface area (TPSA) is 50.9 Å². The Labute approximate surface area is 75.9 Å². The average Bonchev–Trinajstić information content (AvgIpc) is 2.15. The molecule has 0 radical (unpaired) electrons. The quantitative estimate of drug-likeness (QED) is 0.294. The van der Waals surface area contributed by atoms with Crippen molar-refractivity contribution in [2.45, 2.75) is 0 Å². The van der Waals surface area contributed by atoms with Crippen LogP contribution in [0.5, 0.6) is 0 Å². The van der Waals surface area contributed by atoms with Crippen molar-refractivity contribution in [3.8, 4) is 11.8 Å². The Balaban J connectivity index is 2.78. The molecule has 0 aliphatic heterocycles. The Morgan fingerprint density at radius 3 is 2.92 bits per heavy atom. The first-order valence-electron chi connectivity index (χ1n) is 3.34. The smallest absolute Gasteiger partial charge is 0.139 e. The number of pyridine rings is 1. The highest BCUT2D eigenvalue weighted by atomic mass is 35.5. The molecular weight excluding hydrogens is 174 g/mol. The first kappa shape index (κ1) is 8.85. The average molecular weight is 182 g/mol. The number of nitrogen functional groups attached to an aromatic ring is 1. The zero-order valence-electron chi connectivity index (χ0n) is 6.34. The Kier molecular flexibility index (Phi) is 3.39. The van der Waals surface area contributed by atoms with Gasteiger partial charge < -0.3 is 5.43 Å². The van der Waals surface area contributed by atoms with Crippen LogP contribution in [-0.2, 0) is 0 Å². The molecule has 1 aromatic heterocycles. The minimum Gasteiger partial charge on any atom is -0.308 e. The number of nitrogens with two attached hydrogens (primary N) is 1. The van der Waals surface area contributed by atoms with E-state index in [2.05, 4.69) is 22.3 Å². The lowest BCUT2D eigenvalue weighted by atomic mass is 10.3. The molecule has 3 N–H and O–H groups in total. The Morgan fingerprint density at radius 2 is 2.42 bits per heavy atom. The van der Waals surface area contributed by atoms with E-state index in [1.165, 1.54) is 0 Å². The lowest BCUT2D eigenvalue weighted by molar-refractivity contribution is 1.22. The molecule has 1 rings (SSSR count). The Bertz CT molecular complexity index is 296. The second-order valence-electron chi connectivity index (χ2n) is 2.01. The number of rotatable bonds is 1. The highest BCUT2D eigenvalue weighted by molar-refractivity contribution is 6.19. The summed E-state index contributed by atoms with van der Waals surface area (Å²) in [6, 6.07) is 3.57. The molecule has 0 aliphatic carbocycles. The Morgan fingerprint density at radius 1 is 1.58 bits per heavy atom. The maximum absolute atomic E-state index is 5.38. The van der Waals surface area contributed by atoms with E-state index >= 15 is 0 Å². The number of alkyl halides is 1. The highest BCUT2D eigenvalue weighted by Gasteiger charge is 1.88. The van der Waals surface area contributed by atoms with Gasteiger partial charge in [0.05, 0.1) is 5.88 Å². The number of nitrogens with zero attached hydrogens (tertiary/aromatic N) is 1. The van der Waals surface area contributed by atoms with Gasteiger partial charge in [0.15, 0.2) is 0 Å². The number of nitrogens with one attached hydrogen (secondary N) is 1. The minimum absolute atomic E-state index is 0.330. The summed E-state index contributed by atoms with van der Waals surface area (Å²) < 4.78 is 0. The Hall–Kier alpha value is -1.24. The van der Waals surface area contributed by atoms with E-state index in [0.717, 1.165) is 5.56 Å². The van der Waals surface area contributed by atoms with Crippen molar-refractivity contribution < 1.29 is 0 Å². The summed E-state index contributed by atoms with van der Waals surface area (Å²) in [7, 11) is 0. The molecule has 0 saturated heterocycles. The molecule has 3 nitrogen and oxygen atoms in total. The van der Waals surface area contributed by atoms with Crippen LogP contribution < -0.4 is 11.3 Å². The van der Waals surface area contributed by atoms with Gasteiger partial charge in [-0.05, 0) is 12.1 Å². The van der Waals surface area contributed by atoms with Crippen molar-refractivity contribution in [1.82, 2.24) is 4.98 Å². The first-order valence-corrected chi connectivity index (χ1v) is 3.88. The largest absolute Gasteiger partial charge is 0.308 e. The van der Waals surface area contributed by atoms with E-state index < -0.39 is 0 Å². The fourth-order valence-electron chi connectivity index (χ4n) is 0.689. The molecule has 0 amide bonds. The number of hydrogen-bond acceptors (Lipinski definition) is 3. The van der Waals surface area contributed by atoms with Gasteiger partial charge in [0.2, 0.25) is 0 Å². The van der Waals surface area contributed by atoms with Gasteiger partial charge in [-0.2, -0.15) is 0 Å². The van der Waals surface area contributed by atoms with Crippen LogP contribution >= 0.6 is 11.6 Å². The number of hydrazine groups is 1. The van der Waals surface area contributed by atoms with Crippen molar-refractivity contribution in [1.29, 1.82) is 0 Å². The van der Waals surface area contributed by atoms with Crippen molar-refractivity contribution >= 4 is 17.4 Å². The first-order chi connectivity index (χ1) is 5.86. The molecule has 0 fully saturated rings. The molecule has 0 spiro atoms. The van der Waals surface area contributed by atoms with Gasteiger partial charge >= 0.3 is 0 Å². The molecule has 0 aliphatic rings. The lowest BCUT2D eigenvalue weighted by Crippen LogP contribution is -2.07. The highest BCUT2D eigenvalue weighted by Crippen LogP contribution is 2.01. The van der Waals surface area contributed by atoms with Crippen LogP contribution in [0.1, 0.15) is 5.56 Å². The zero-order chi connectivity index (χ0) is 8.81. The molecule has 12 heavy (non-hydrogen) atoms. The van der Waals surface area contributed by atoms with Crippen molar-refractivity contribution in [2.24, 2.45) is 5.84 Å². The van der Waals surface area contributed by atoms with Gasteiger partial charge in [-0.15, -0.1) is 11.6 Å². The number of halogens is 1. The molecule has 0 aromatic carbocycles. The predicted molar refractivity (Wildman–Crippen MR) is 49.6 cm³/mol. The van der Waals surface area contributed by atoms with Gasteiger partial charge in [-0.25, -0.2) is 10.8 Å². The third kappa shape index (κ3) is 2.42. The zero-order valence-corrected chi connectivity index (χ0v) is 7.10. The maximum atomic E-state index is 5.38. The molecule has 4 heteroatoms. The number of anilines is 1. The van der Waals surface area contributed by atoms with Crippen LogP contribution in [0.25, 0.3) is 0 Å². The second kappa shape index (κ2) is 4.60.